The Morgan fingerprint density at radius 2 is 1.60 bits per heavy atom. The molecule has 4 nitrogen and oxygen atoms in total. The molecule has 1 heterocycles. The third kappa shape index (κ3) is 1.36. The molecule has 0 aromatic rings. The van der Waals surface area contributed by atoms with Crippen LogP contribution < -0.4 is 10.6 Å². The molecule has 1 rings (SSSR count). The molecule has 2 atom stereocenters. The molecule has 10 heavy (non-hydrogen) atoms. The first-order valence-corrected chi connectivity index (χ1v) is 3.31. The summed E-state index contributed by atoms with van der Waals surface area (Å²) in [6.07, 6.45) is -0.338. The second-order valence-electron chi connectivity index (χ2n) is 1.93. The number of hydrogen-bond donors (Lipinski definition) is 2. The number of methoxy groups -OCH3 is 2. The topological polar surface area (TPSA) is 42.5 Å². The Hall–Kier alpha value is -0.390. The maximum atomic E-state index is 5.00. The highest BCUT2D eigenvalue weighted by Crippen LogP contribution is 2.01. The van der Waals surface area contributed by atoms with Crippen molar-refractivity contribution in [2.45, 2.75) is 12.5 Å². The van der Waals surface area contributed by atoms with Crippen LogP contribution in [0.2, 0.25) is 0 Å². The number of rotatable bonds is 2. The maximum absolute atomic E-state index is 5.00. The summed E-state index contributed by atoms with van der Waals surface area (Å²) in [6.45, 7) is 0. The Kier molecular flexibility index (Phi) is 2.42. The van der Waals surface area contributed by atoms with Gasteiger partial charge in [0.2, 0.25) is 0 Å². The normalized spacial score (nSPS) is 31.6. The predicted molar refractivity (Wildman–Crippen MR) is 40.5 cm³/mol. The molecule has 0 aliphatic carbocycles. The fourth-order valence-corrected chi connectivity index (χ4v) is 1.05. The lowest BCUT2D eigenvalue weighted by Gasteiger charge is -2.14. The molecule has 0 aromatic carbocycles. The van der Waals surface area contributed by atoms with Gasteiger partial charge in [0, 0.05) is 14.2 Å². The van der Waals surface area contributed by atoms with Gasteiger partial charge in [0.1, 0.15) is 0 Å². The van der Waals surface area contributed by atoms with E-state index in [0.717, 1.165) is 0 Å². The Balaban J connectivity index is 2.48. The molecule has 1 saturated heterocycles. The number of ether oxygens (including phenoxy) is 2. The van der Waals surface area contributed by atoms with E-state index >= 15 is 0 Å². The first kappa shape index (κ1) is 7.71. The molecule has 1 fully saturated rings. The van der Waals surface area contributed by atoms with Crippen LogP contribution in [0.3, 0.4) is 0 Å². The quantitative estimate of drug-likeness (QED) is 0.531. The van der Waals surface area contributed by atoms with E-state index in [2.05, 4.69) is 10.6 Å². The van der Waals surface area contributed by atoms with E-state index < -0.39 is 0 Å². The van der Waals surface area contributed by atoms with Gasteiger partial charge in [-0.05, 0) is 12.2 Å². The molecule has 58 valence electrons. The Bertz CT molecular complexity index is 128. The molecule has 0 spiro atoms. The van der Waals surface area contributed by atoms with Gasteiger partial charge in [-0.2, -0.15) is 0 Å². The van der Waals surface area contributed by atoms with Crippen molar-refractivity contribution in [2.24, 2.45) is 0 Å². The second kappa shape index (κ2) is 3.14. The third-order valence-corrected chi connectivity index (χ3v) is 1.57. The van der Waals surface area contributed by atoms with Crippen LogP contribution in [-0.2, 0) is 9.47 Å². The summed E-state index contributed by atoms with van der Waals surface area (Å²) in [4.78, 5) is 0. The highest BCUT2D eigenvalue weighted by atomic mass is 32.1. The summed E-state index contributed by atoms with van der Waals surface area (Å²) in [6, 6.07) is 0. The Morgan fingerprint density at radius 1 is 1.20 bits per heavy atom. The molecule has 1 aliphatic rings. The summed E-state index contributed by atoms with van der Waals surface area (Å²) in [5.74, 6) is 0. The summed E-state index contributed by atoms with van der Waals surface area (Å²) >= 11 is 4.82. The molecule has 0 amide bonds. The van der Waals surface area contributed by atoms with Crippen LogP contribution in [0.5, 0.6) is 0 Å². The van der Waals surface area contributed by atoms with Gasteiger partial charge in [0.15, 0.2) is 17.6 Å². The van der Waals surface area contributed by atoms with Crippen LogP contribution in [0.15, 0.2) is 0 Å². The van der Waals surface area contributed by atoms with Gasteiger partial charge in [-0.1, -0.05) is 0 Å². The van der Waals surface area contributed by atoms with Crippen molar-refractivity contribution in [3.63, 3.8) is 0 Å². The number of thiocarbonyl (C=S) groups is 1. The van der Waals surface area contributed by atoms with Crippen LogP contribution in [0.25, 0.3) is 0 Å². The first-order valence-electron chi connectivity index (χ1n) is 2.90. The van der Waals surface area contributed by atoms with Crippen LogP contribution in [0.4, 0.5) is 0 Å². The van der Waals surface area contributed by atoms with E-state index in [4.69, 9.17) is 21.7 Å². The molecular formula is C5H10N2O2S. The van der Waals surface area contributed by atoms with Crippen molar-refractivity contribution in [1.82, 2.24) is 10.6 Å². The minimum absolute atomic E-state index is 0.169. The lowest BCUT2D eigenvalue weighted by Crippen LogP contribution is -2.36. The molecule has 0 aromatic heterocycles. The van der Waals surface area contributed by atoms with Crippen LogP contribution >= 0.6 is 12.2 Å². The molecular weight excluding hydrogens is 152 g/mol. The monoisotopic (exact) mass is 162 g/mol. The average Bonchev–Trinajstić information content (AvgIpc) is 2.30. The van der Waals surface area contributed by atoms with Crippen molar-refractivity contribution in [3.8, 4) is 0 Å². The largest absolute Gasteiger partial charge is 0.357 e. The van der Waals surface area contributed by atoms with Crippen molar-refractivity contribution in [2.75, 3.05) is 14.2 Å². The number of nitrogens with one attached hydrogen (secondary N) is 2. The Morgan fingerprint density at radius 3 is 1.90 bits per heavy atom. The van der Waals surface area contributed by atoms with Crippen LogP contribution in [0, 0.1) is 0 Å². The van der Waals surface area contributed by atoms with Crippen LogP contribution in [-0.4, -0.2) is 31.8 Å². The van der Waals surface area contributed by atoms with E-state index in [1.54, 1.807) is 14.2 Å². The molecule has 2 N–H and O–H groups in total. The van der Waals surface area contributed by atoms with Crippen LogP contribution in [0.1, 0.15) is 0 Å². The average molecular weight is 162 g/mol. The van der Waals surface area contributed by atoms with E-state index in [1.807, 2.05) is 0 Å². The fraction of sp³-hybridized carbons (Fsp3) is 0.800. The minimum Gasteiger partial charge on any atom is -0.357 e. The van der Waals surface area contributed by atoms with Gasteiger partial charge in [-0.15, -0.1) is 0 Å². The highest BCUT2D eigenvalue weighted by molar-refractivity contribution is 7.80. The van der Waals surface area contributed by atoms with Gasteiger partial charge in [-0.25, -0.2) is 0 Å². The maximum Gasteiger partial charge on any atom is 0.174 e. The summed E-state index contributed by atoms with van der Waals surface area (Å²) in [7, 11) is 3.19. The molecule has 0 bridgehead atoms. The summed E-state index contributed by atoms with van der Waals surface area (Å²) in [5, 5.41) is 6.32. The van der Waals surface area contributed by atoms with Crippen molar-refractivity contribution >= 4 is 17.3 Å². The highest BCUT2D eigenvalue weighted by Gasteiger charge is 2.28. The van der Waals surface area contributed by atoms with Gasteiger partial charge in [-0.3, -0.25) is 0 Å². The smallest absolute Gasteiger partial charge is 0.174 e. The lowest BCUT2D eigenvalue weighted by molar-refractivity contribution is -0.0343. The standard InChI is InChI=1S/C5H10N2O2S/c1-8-3-4(9-2)7-5(10)6-3/h3-4H,1-2H3,(H2,6,7,10)/t3-,4-/m1/s1. The molecule has 0 unspecified atom stereocenters. The predicted octanol–water partition coefficient (Wildman–Crippen LogP) is -0.591. The minimum atomic E-state index is -0.169. The van der Waals surface area contributed by atoms with Crippen molar-refractivity contribution < 1.29 is 9.47 Å². The van der Waals surface area contributed by atoms with Crippen molar-refractivity contribution in [1.29, 1.82) is 0 Å². The van der Waals surface area contributed by atoms with Gasteiger partial charge in [0.25, 0.3) is 0 Å². The van der Waals surface area contributed by atoms with Crippen molar-refractivity contribution in [3.05, 3.63) is 0 Å². The molecule has 5 heteroatoms. The van der Waals surface area contributed by atoms with Gasteiger partial charge >= 0.3 is 0 Å². The molecule has 0 radical (unpaired) electrons. The SMILES string of the molecule is CO[C@H]1NC(=S)N[C@@H]1OC. The molecule has 0 saturated carbocycles. The second-order valence-corrected chi connectivity index (χ2v) is 2.34. The summed E-state index contributed by atoms with van der Waals surface area (Å²) < 4.78 is 10.00. The van der Waals surface area contributed by atoms with Gasteiger partial charge < -0.3 is 20.1 Å². The van der Waals surface area contributed by atoms with E-state index in [9.17, 15) is 0 Å². The Labute approximate surface area is 64.9 Å². The zero-order chi connectivity index (χ0) is 7.56. The van der Waals surface area contributed by atoms with Gasteiger partial charge in [0.05, 0.1) is 0 Å². The zero-order valence-electron chi connectivity index (χ0n) is 5.88. The zero-order valence-corrected chi connectivity index (χ0v) is 6.70. The molecule has 1 aliphatic heterocycles. The lowest BCUT2D eigenvalue weighted by atomic mass is 10.5. The number of hydrogen-bond acceptors (Lipinski definition) is 3. The third-order valence-electron chi connectivity index (χ3n) is 1.33. The van der Waals surface area contributed by atoms with E-state index in [0.29, 0.717) is 5.11 Å². The fourth-order valence-electron chi connectivity index (χ4n) is 0.816. The first-order chi connectivity index (χ1) is 4.77. The van der Waals surface area contributed by atoms with E-state index in [-0.39, 0.29) is 12.5 Å². The van der Waals surface area contributed by atoms with E-state index in [1.165, 1.54) is 0 Å². The summed E-state index contributed by atoms with van der Waals surface area (Å²) in [5.41, 5.74) is 0.